The summed E-state index contributed by atoms with van der Waals surface area (Å²) in [6.07, 6.45) is 4.91. The average Bonchev–Trinajstić information content (AvgIpc) is 2.13. The third kappa shape index (κ3) is 8.70. The SMILES string of the molecule is CCCCCOP(N)(=O)OCCCC. The Morgan fingerprint density at radius 2 is 1.50 bits per heavy atom. The van der Waals surface area contributed by atoms with Gasteiger partial charge in [-0.1, -0.05) is 33.1 Å². The molecule has 0 heterocycles. The van der Waals surface area contributed by atoms with E-state index in [2.05, 4.69) is 6.92 Å². The third-order valence-electron chi connectivity index (χ3n) is 1.79. The van der Waals surface area contributed by atoms with Crippen LogP contribution in [-0.4, -0.2) is 13.2 Å². The second-order valence-corrected chi connectivity index (χ2v) is 4.86. The first-order valence-corrected chi connectivity index (χ1v) is 6.91. The molecule has 0 aliphatic heterocycles. The molecular weight excluding hydrogens is 201 g/mol. The molecule has 2 N–H and O–H groups in total. The van der Waals surface area contributed by atoms with E-state index in [1.165, 1.54) is 0 Å². The summed E-state index contributed by atoms with van der Waals surface area (Å²) < 4.78 is 21.3. The minimum Gasteiger partial charge on any atom is -0.297 e. The van der Waals surface area contributed by atoms with Gasteiger partial charge in [0.2, 0.25) is 0 Å². The highest BCUT2D eigenvalue weighted by Crippen LogP contribution is 2.39. The molecule has 0 aromatic heterocycles. The maximum absolute atomic E-state index is 11.4. The van der Waals surface area contributed by atoms with Gasteiger partial charge in [-0.2, -0.15) is 0 Å². The second-order valence-electron chi connectivity index (χ2n) is 3.27. The minimum atomic E-state index is -3.26. The molecule has 0 saturated carbocycles. The summed E-state index contributed by atoms with van der Waals surface area (Å²) in [5.74, 6) is 0. The van der Waals surface area contributed by atoms with Crippen molar-refractivity contribution in [3.63, 3.8) is 0 Å². The highest BCUT2D eigenvalue weighted by molar-refractivity contribution is 7.51. The molecular formula is C9H22NO3P. The van der Waals surface area contributed by atoms with E-state index < -0.39 is 7.75 Å². The number of hydrogen-bond donors (Lipinski definition) is 1. The molecule has 86 valence electrons. The Labute approximate surface area is 86.7 Å². The van der Waals surface area contributed by atoms with E-state index in [1.807, 2.05) is 6.92 Å². The summed E-state index contributed by atoms with van der Waals surface area (Å²) >= 11 is 0. The normalized spacial score (nSPS) is 15.4. The van der Waals surface area contributed by atoms with Gasteiger partial charge in [0, 0.05) is 0 Å². The van der Waals surface area contributed by atoms with Gasteiger partial charge < -0.3 is 0 Å². The molecule has 0 aromatic rings. The minimum absolute atomic E-state index is 0.415. The molecule has 0 saturated heterocycles. The highest BCUT2D eigenvalue weighted by atomic mass is 31.2. The van der Waals surface area contributed by atoms with E-state index in [9.17, 15) is 4.57 Å². The van der Waals surface area contributed by atoms with E-state index in [0.29, 0.717) is 13.2 Å². The molecule has 0 aromatic carbocycles. The van der Waals surface area contributed by atoms with Crippen LogP contribution in [0.4, 0.5) is 0 Å². The number of unbranched alkanes of at least 4 members (excludes halogenated alkanes) is 3. The van der Waals surface area contributed by atoms with Crippen LogP contribution in [0.2, 0.25) is 0 Å². The van der Waals surface area contributed by atoms with Crippen LogP contribution >= 0.6 is 7.75 Å². The van der Waals surface area contributed by atoms with Gasteiger partial charge in [0.05, 0.1) is 13.2 Å². The quantitative estimate of drug-likeness (QED) is 0.482. The molecule has 14 heavy (non-hydrogen) atoms. The largest absolute Gasteiger partial charge is 0.402 e. The van der Waals surface area contributed by atoms with Crippen LogP contribution in [0.15, 0.2) is 0 Å². The molecule has 0 fully saturated rings. The molecule has 5 heteroatoms. The van der Waals surface area contributed by atoms with Crippen molar-refractivity contribution in [1.29, 1.82) is 0 Å². The fraction of sp³-hybridized carbons (Fsp3) is 1.00. The molecule has 4 nitrogen and oxygen atoms in total. The van der Waals surface area contributed by atoms with Gasteiger partial charge >= 0.3 is 7.75 Å². The summed E-state index contributed by atoms with van der Waals surface area (Å²) in [5.41, 5.74) is 5.35. The Morgan fingerprint density at radius 3 is 2.00 bits per heavy atom. The maximum atomic E-state index is 11.4. The molecule has 1 atom stereocenters. The van der Waals surface area contributed by atoms with Crippen molar-refractivity contribution in [2.24, 2.45) is 5.50 Å². The van der Waals surface area contributed by atoms with Crippen molar-refractivity contribution >= 4 is 7.75 Å². The zero-order chi connectivity index (χ0) is 10.9. The predicted molar refractivity (Wildman–Crippen MR) is 58.1 cm³/mol. The lowest BCUT2D eigenvalue weighted by atomic mass is 10.3. The molecule has 0 amide bonds. The summed E-state index contributed by atoms with van der Waals surface area (Å²) in [6.45, 7) is 4.97. The standard InChI is InChI=1S/C9H22NO3P/c1-3-5-7-9-13-14(10,11)12-8-6-4-2/h3-9H2,1-2H3,(H2,10,11). The van der Waals surface area contributed by atoms with Crippen LogP contribution in [0.3, 0.4) is 0 Å². The number of nitrogens with two attached hydrogens (primary N) is 1. The Balaban J connectivity index is 3.46. The third-order valence-corrected chi connectivity index (χ3v) is 2.87. The lowest BCUT2D eigenvalue weighted by Gasteiger charge is -2.12. The van der Waals surface area contributed by atoms with Crippen LogP contribution in [0.25, 0.3) is 0 Å². The topological polar surface area (TPSA) is 61.5 Å². The molecule has 0 aliphatic carbocycles. The van der Waals surface area contributed by atoms with E-state index in [1.54, 1.807) is 0 Å². The Bertz CT molecular complexity index is 175. The zero-order valence-corrected chi connectivity index (χ0v) is 10.1. The van der Waals surface area contributed by atoms with Crippen molar-refractivity contribution in [2.45, 2.75) is 46.0 Å². The molecule has 0 radical (unpaired) electrons. The zero-order valence-electron chi connectivity index (χ0n) is 9.20. The van der Waals surface area contributed by atoms with Gasteiger partial charge in [0.1, 0.15) is 0 Å². The summed E-state index contributed by atoms with van der Waals surface area (Å²) in [4.78, 5) is 0. The lowest BCUT2D eigenvalue weighted by Crippen LogP contribution is -2.06. The van der Waals surface area contributed by atoms with Crippen molar-refractivity contribution in [3.05, 3.63) is 0 Å². The number of hydrogen-bond acceptors (Lipinski definition) is 3. The van der Waals surface area contributed by atoms with E-state index >= 15 is 0 Å². The van der Waals surface area contributed by atoms with Gasteiger partial charge in [0.15, 0.2) is 0 Å². The Kier molecular flexibility index (Phi) is 8.49. The summed E-state index contributed by atoms with van der Waals surface area (Å²) in [6, 6.07) is 0. The Hall–Kier alpha value is 0.110. The van der Waals surface area contributed by atoms with Crippen LogP contribution in [0.5, 0.6) is 0 Å². The van der Waals surface area contributed by atoms with Gasteiger partial charge in [-0.15, -0.1) is 0 Å². The monoisotopic (exact) mass is 223 g/mol. The molecule has 0 spiro atoms. The summed E-state index contributed by atoms with van der Waals surface area (Å²) in [5, 5.41) is 0. The van der Waals surface area contributed by atoms with Gasteiger partial charge in [0.25, 0.3) is 0 Å². The van der Waals surface area contributed by atoms with E-state index in [0.717, 1.165) is 32.1 Å². The first-order chi connectivity index (χ1) is 6.62. The molecule has 0 aliphatic rings. The second kappa shape index (κ2) is 8.42. The fourth-order valence-corrected chi connectivity index (χ4v) is 1.76. The molecule has 1 unspecified atom stereocenters. The number of rotatable bonds is 9. The van der Waals surface area contributed by atoms with Crippen LogP contribution in [0.1, 0.15) is 46.0 Å². The smallest absolute Gasteiger partial charge is 0.297 e. The van der Waals surface area contributed by atoms with Gasteiger partial charge in [-0.3, -0.25) is 9.05 Å². The molecule has 0 rings (SSSR count). The molecule has 0 bridgehead atoms. The van der Waals surface area contributed by atoms with Crippen molar-refractivity contribution in [3.8, 4) is 0 Å². The van der Waals surface area contributed by atoms with Crippen molar-refractivity contribution in [1.82, 2.24) is 0 Å². The Morgan fingerprint density at radius 1 is 1.00 bits per heavy atom. The van der Waals surface area contributed by atoms with Crippen molar-refractivity contribution in [2.75, 3.05) is 13.2 Å². The predicted octanol–water partition coefficient (Wildman–Crippen LogP) is 3.08. The average molecular weight is 223 g/mol. The van der Waals surface area contributed by atoms with Crippen molar-refractivity contribution < 1.29 is 13.6 Å². The van der Waals surface area contributed by atoms with Crippen LogP contribution in [0, 0.1) is 0 Å². The summed E-state index contributed by atoms with van der Waals surface area (Å²) in [7, 11) is -3.26. The highest BCUT2D eigenvalue weighted by Gasteiger charge is 2.16. The maximum Gasteiger partial charge on any atom is 0.402 e. The van der Waals surface area contributed by atoms with Crippen LogP contribution in [-0.2, 0) is 13.6 Å². The van der Waals surface area contributed by atoms with Crippen LogP contribution < -0.4 is 5.50 Å². The van der Waals surface area contributed by atoms with E-state index in [4.69, 9.17) is 14.6 Å². The van der Waals surface area contributed by atoms with Gasteiger partial charge in [-0.25, -0.2) is 10.1 Å². The lowest BCUT2D eigenvalue weighted by molar-refractivity contribution is 0.199. The first-order valence-electron chi connectivity index (χ1n) is 5.30. The fourth-order valence-electron chi connectivity index (χ4n) is 0.917. The van der Waals surface area contributed by atoms with E-state index in [-0.39, 0.29) is 0 Å². The van der Waals surface area contributed by atoms with Gasteiger partial charge in [-0.05, 0) is 12.8 Å². The first kappa shape index (κ1) is 14.1.